The van der Waals surface area contributed by atoms with Crippen LogP contribution in [0.1, 0.15) is 13.8 Å². The number of rotatable bonds is 5. The van der Waals surface area contributed by atoms with E-state index in [0.29, 0.717) is 19.8 Å². The third kappa shape index (κ3) is 8.64. The minimum Gasteiger partial charge on any atom is -0.463 e. The number of carbonyl (C=O) groups excluding carboxylic acids is 1. The lowest BCUT2D eigenvalue weighted by Crippen LogP contribution is -2.00. The van der Waals surface area contributed by atoms with E-state index in [9.17, 15) is 4.79 Å². The van der Waals surface area contributed by atoms with Crippen LogP contribution in [0, 0.1) is 11.8 Å². The molecule has 0 atom stereocenters. The lowest BCUT2D eigenvalue weighted by atomic mass is 10.5. The van der Waals surface area contributed by atoms with Crippen molar-refractivity contribution in [1.29, 1.82) is 0 Å². The van der Waals surface area contributed by atoms with E-state index in [1.807, 2.05) is 0 Å². The van der Waals surface area contributed by atoms with Crippen molar-refractivity contribution in [3.05, 3.63) is 12.2 Å². The average Bonchev–Trinajstić information content (AvgIpc) is 2.11. The summed E-state index contributed by atoms with van der Waals surface area (Å²) in [6.45, 7) is 4.68. The van der Waals surface area contributed by atoms with Gasteiger partial charge in [-0.15, -0.1) is 5.92 Å². The summed E-state index contributed by atoms with van der Waals surface area (Å²) in [5.41, 5.74) is 0. The largest absolute Gasteiger partial charge is 0.463 e. The Morgan fingerprint density at radius 2 is 2.31 bits per heavy atom. The summed E-state index contributed by atoms with van der Waals surface area (Å²) in [4.78, 5) is 10.7. The summed E-state index contributed by atoms with van der Waals surface area (Å²) < 4.78 is 9.69. The first-order valence-corrected chi connectivity index (χ1v) is 4.12. The zero-order chi connectivity index (χ0) is 9.94. The van der Waals surface area contributed by atoms with Crippen molar-refractivity contribution in [3.63, 3.8) is 0 Å². The lowest BCUT2D eigenvalue weighted by Gasteiger charge is -1.94. The molecule has 0 saturated carbocycles. The molecule has 0 spiro atoms. The second-order valence-corrected chi connectivity index (χ2v) is 2.10. The Labute approximate surface area is 78.7 Å². The molecule has 0 saturated heterocycles. The highest BCUT2D eigenvalue weighted by Crippen LogP contribution is 1.82. The summed E-state index contributed by atoms with van der Waals surface area (Å²) >= 11 is 0. The summed E-state index contributed by atoms with van der Waals surface area (Å²) in [7, 11) is 0. The van der Waals surface area contributed by atoms with Crippen molar-refractivity contribution in [2.24, 2.45) is 0 Å². The molecule has 0 N–H and O–H groups in total. The zero-order valence-corrected chi connectivity index (χ0v) is 8.00. The molecule has 0 aliphatic rings. The average molecular weight is 182 g/mol. The van der Waals surface area contributed by atoms with Gasteiger partial charge in [-0.3, -0.25) is 0 Å². The molecule has 72 valence electrons. The maximum Gasteiger partial charge on any atom is 0.330 e. The first-order chi connectivity index (χ1) is 6.31. The van der Waals surface area contributed by atoms with E-state index in [-0.39, 0.29) is 5.97 Å². The van der Waals surface area contributed by atoms with Gasteiger partial charge in [0.1, 0.15) is 6.61 Å². The van der Waals surface area contributed by atoms with Crippen LogP contribution in [0.25, 0.3) is 0 Å². The smallest absolute Gasteiger partial charge is 0.330 e. The highest BCUT2D eigenvalue weighted by molar-refractivity contribution is 5.81. The minimum atomic E-state index is -0.340. The van der Waals surface area contributed by atoms with E-state index in [1.165, 1.54) is 6.08 Å². The summed E-state index contributed by atoms with van der Waals surface area (Å²) in [6.07, 6.45) is 2.96. The number of carbonyl (C=O) groups is 1. The van der Waals surface area contributed by atoms with Crippen LogP contribution in [-0.2, 0) is 14.3 Å². The third-order valence-electron chi connectivity index (χ3n) is 1.11. The second-order valence-electron chi connectivity index (χ2n) is 2.10. The molecule has 13 heavy (non-hydrogen) atoms. The van der Waals surface area contributed by atoms with Gasteiger partial charge in [-0.05, 0) is 13.8 Å². The molecule has 0 aliphatic carbocycles. The van der Waals surface area contributed by atoms with Crippen molar-refractivity contribution >= 4 is 5.97 Å². The van der Waals surface area contributed by atoms with E-state index >= 15 is 0 Å². The first-order valence-electron chi connectivity index (χ1n) is 4.12. The molecule has 0 aromatic carbocycles. The number of hydrogen-bond acceptors (Lipinski definition) is 3. The standard InChI is InChI=1S/C10H14O3/c1-3-5-8-12-9-6-7-10(11)13-4-2/h6-7H,4,8-9H2,1-2H3/b7-6+. The highest BCUT2D eigenvalue weighted by Gasteiger charge is 1.91. The SMILES string of the molecule is CC#CCOC/C=C/C(=O)OCC. The highest BCUT2D eigenvalue weighted by atomic mass is 16.5. The van der Waals surface area contributed by atoms with Crippen molar-refractivity contribution in [3.8, 4) is 11.8 Å². The van der Waals surface area contributed by atoms with E-state index in [0.717, 1.165) is 0 Å². The minimum absolute atomic E-state index is 0.340. The molecule has 3 nitrogen and oxygen atoms in total. The van der Waals surface area contributed by atoms with E-state index in [2.05, 4.69) is 16.6 Å². The predicted octanol–water partition coefficient (Wildman–Crippen LogP) is 1.15. The maximum atomic E-state index is 10.7. The maximum absolute atomic E-state index is 10.7. The Bertz CT molecular complexity index is 220. The summed E-state index contributed by atoms with van der Waals surface area (Å²) in [5.74, 6) is 5.10. The van der Waals surface area contributed by atoms with Gasteiger partial charge in [-0.2, -0.15) is 0 Å². The summed E-state index contributed by atoms with van der Waals surface area (Å²) in [6, 6.07) is 0. The zero-order valence-electron chi connectivity index (χ0n) is 8.00. The quantitative estimate of drug-likeness (QED) is 0.277. The van der Waals surface area contributed by atoms with Gasteiger partial charge in [0, 0.05) is 6.08 Å². The Morgan fingerprint density at radius 3 is 2.92 bits per heavy atom. The molecule has 0 rings (SSSR count). The van der Waals surface area contributed by atoms with Crippen LogP contribution in [0.4, 0.5) is 0 Å². The van der Waals surface area contributed by atoms with E-state index in [4.69, 9.17) is 4.74 Å². The van der Waals surface area contributed by atoms with Crippen molar-refractivity contribution < 1.29 is 14.3 Å². The first kappa shape index (κ1) is 11.7. The van der Waals surface area contributed by atoms with Gasteiger partial charge in [0.05, 0.1) is 13.2 Å². The molecule has 0 heterocycles. The Balaban J connectivity index is 3.38. The molecule has 0 aromatic rings. The molecule has 0 aliphatic heterocycles. The van der Waals surface area contributed by atoms with Gasteiger partial charge < -0.3 is 9.47 Å². The van der Waals surface area contributed by atoms with E-state index in [1.54, 1.807) is 19.9 Å². The normalized spacial score (nSPS) is 9.38. The second kappa shape index (κ2) is 8.82. The van der Waals surface area contributed by atoms with Crippen molar-refractivity contribution in [1.82, 2.24) is 0 Å². The molecule has 0 unspecified atom stereocenters. The summed E-state index contributed by atoms with van der Waals surface area (Å²) in [5, 5.41) is 0. The topological polar surface area (TPSA) is 35.5 Å². The fourth-order valence-corrected chi connectivity index (χ4v) is 0.585. The Kier molecular flexibility index (Phi) is 7.96. The Hall–Kier alpha value is -1.27. The van der Waals surface area contributed by atoms with Crippen LogP contribution in [-0.4, -0.2) is 25.8 Å². The van der Waals surface area contributed by atoms with Crippen LogP contribution in [0.15, 0.2) is 12.2 Å². The van der Waals surface area contributed by atoms with Gasteiger partial charge in [-0.1, -0.05) is 12.0 Å². The van der Waals surface area contributed by atoms with Gasteiger partial charge in [0.25, 0.3) is 0 Å². The molecular weight excluding hydrogens is 168 g/mol. The van der Waals surface area contributed by atoms with Crippen LogP contribution in [0.2, 0.25) is 0 Å². The van der Waals surface area contributed by atoms with Crippen molar-refractivity contribution in [2.75, 3.05) is 19.8 Å². The predicted molar refractivity (Wildman–Crippen MR) is 50.0 cm³/mol. The molecular formula is C10H14O3. The number of hydrogen-bond donors (Lipinski definition) is 0. The number of esters is 1. The fourth-order valence-electron chi connectivity index (χ4n) is 0.585. The van der Waals surface area contributed by atoms with E-state index < -0.39 is 0 Å². The van der Waals surface area contributed by atoms with Crippen LogP contribution in [0.3, 0.4) is 0 Å². The molecule has 0 bridgehead atoms. The molecule has 3 heteroatoms. The monoisotopic (exact) mass is 182 g/mol. The third-order valence-corrected chi connectivity index (χ3v) is 1.11. The molecule has 0 fully saturated rings. The fraction of sp³-hybridized carbons (Fsp3) is 0.500. The van der Waals surface area contributed by atoms with Gasteiger partial charge in [-0.25, -0.2) is 4.79 Å². The molecule has 0 radical (unpaired) electrons. The molecule has 0 amide bonds. The van der Waals surface area contributed by atoms with Crippen LogP contribution >= 0.6 is 0 Å². The van der Waals surface area contributed by atoms with Crippen LogP contribution < -0.4 is 0 Å². The van der Waals surface area contributed by atoms with Gasteiger partial charge >= 0.3 is 5.97 Å². The number of ether oxygens (including phenoxy) is 2. The van der Waals surface area contributed by atoms with Gasteiger partial charge in [0.15, 0.2) is 0 Å². The van der Waals surface area contributed by atoms with Crippen LogP contribution in [0.5, 0.6) is 0 Å². The van der Waals surface area contributed by atoms with Gasteiger partial charge in [0.2, 0.25) is 0 Å². The molecule has 0 aromatic heterocycles. The Morgan fingerprint density at radius 1 is 1.54 bits per heavy atom. The lowest BCUT2D eigenvalue weighted by molar-refractivity contribution is -0.137. The van der Waals surface area contributed by atoms with Crippen molar-refractivity contribution in [2.45, 2.75) is 13.8 Å².